The quantitative estimate of drug-likeness (QED) is 0.842. The van der Waals surface area contributed by atoms with Gasteiger partial charge in [0, 0.05) is 25.3 Å². The first-order chi connectivity index (χ1) is 11.7. The number of hydrogen-bond donors (Lipinski definition) is 1. The molecule has 1 aliphatic carbocycles. The van der Waals surface area contributed by atoms with Crippen molar-refractivity contribution in [3.8, 4) is 5.69 Å². The molecule has 5 rings (SSSR count). The Balaban J connectivity index is 0.000000980. The van der Waals surface area contributed by atoms with Gasteiger partial charge in [-0.15, -0.1) is 24.8 Å². The molecule has 3 heterocycles. The number of likely N-dealkylation sites (tertiary alicyclic amines) is 1. The maximum absolute atomic E-state index is 4.45. The Morgan fingerprint density at radius 1 is 1.15 bits per heavy atom. The van der Waals surface area contributed by atoms with Crippen molar-refractivity contribution in [2.75, 3.05) is 26.2 Å². The molecule has 2 aliphatic heterocycles. The molecule has 0 unspecified atom stereocenters. The van der Waals surface area contributed by atoms with Crippen LogP contribution in [-0.2, 0) is 6.42 Å². The Kier molecular flexibility index (Phi) is 5.69. The van der Waals surface area contributed by atoms with Crippen LogP contribution in [0.5, 0.6) is 0 Å². The fourth-order valence-corrected chi connectivity index (χ4v) is 4.97. The molecular weight excluding hydrogens is 367 g/mol. The first-order valence-corrected chi connectivity index (χ1v) is 9.32. The van der Waals surface area contributed by atoms with Gasteiger partial charge in [0.1, 0.15) is 0 Å². The lowest BCUT2D eigenvalue weighted by molar-refractivity contribution is -0.0512. The van der Waals surface area contributed by atoms with Crippen LogP contribution in [0.15, 0.2) is 30.6 Å². The summed E-state index contributed by atoms with van der Waals surface area (Å²) in [5, 5.41) is 7.96. The second-order valence-electron chi connectivity index (χ2n) is 8.05. The van der Waals surface area contributed by atoms with Crippen molar-refractivity contribution in [1.29, 1.82) is 0 Å². The zero-order valence-electron chi connectivity index (χ0n) is 15.3. The summed E-state index contributed by atoms with van der Waals surface area (Å²) in [6.45, 7) is 7.12. The first-order valence-electron chi connectivity index (χ1n) is 9.32. The van der Waals surface area contributed by atoms with Crippen molar-refractivity contribution >= 4 is 24.8 Å². The van der Waals surface area contributed by atoms with Gasteiger partial charge < -0.3 is 5.32 Å². The van der Waals surface area contributed by atoms with Gasteiger partial charge in [-0.2, -0.15) is 5.10 Å². The highest BCUT2D eigenvalue weighted by molar-refractivity contribution is 5.85. The normalized spacial score (nSPS) is 23.7. The molecule has 0 amide bonds. The number of halogens is 2. The summed E-state index contributed by atoms with van der Waals surface area (Å²) in [7, 11) is 0. The molecule has 6 heteroatoms. The van der Waals surface area contributed by atoms with Crippen molar-refractivity contribution in [1.82, 2.24) is 20.0 Å². The minimum atomic E-state index is 0. The van der Waals surface area contributed by atoms with Crippen LogP contribution >= 0.6 is 24.8 Å². The SMILES string of the molecule is Cc1cnn(-c2ccc3c(c2)CC[C@H]3N2CC3(CCNCC3)C2)c1.Cl.Cl. The summed E-state index contributed by atoms with van der Waals surface area (Å²) in [4.78, 5) is 2.73. The van der Waals surface area contributed by atoms with E-state index in [1.807, 2.05) is 10.9 Å². The largest absolute Gasteiger partial charge is 0.317 e. The summed E-state index contributed by atoms with van der Waals surface area (Å²) >= 11 is 0. The molecule has 1 aromatic heterocycles. The van der Waals surface area contributed by atoms with E-state index in [1.54, 1.807) is 5.56 Å². The standard InChI is InChI=1S/C20H26N4.2ClH/c1-15-11-22-24(12-15)17-3-4-18-16(10-17)2-5-19(18)23-13-20(14-23)6-8-21-9-7-20;;/h3-4,10-12,19,21H,2,5-9,13-14H2,1H3;2*1H/t19-;;/m1../s1. The van der Waals surface area contributed by atoms with Crippen LogP contribution in [0.2, 0.25) is 0 Å². The Morgan fingerprint density at radius 3 is 2.62 bits per heavy atom. The maximum atomic E-state index is 4.45. The van der Waals surface area contributed by atoms with E-state index >= 15 is 0 Å². The van der Waals surface area contributed by atoms with Crippen LogP contribution < -0.4 is 5.32 Å². The van der Waals surface area contributed by atoms with Crippen LogP contribution in [0.4, 0.5) is 0 Å². The molecule has 2 fully saturated rings. The second-order valence-corrected chi connectivity index (χ2v) is 8.05. The van der Waals surface area contributed by atoms with E-state index in [9.17, 15) is 0 Å². The molecule has 1 aromatic carbocycles. The van der Waals surface area contributed by atoms with Crippen LogP contribution in [0, 0.1) is 12.3 Å². The van der Waals surface area contributed by atoms with E-state index in [4.69, 9.17) is 0 Å². The number of nitrogens with one attached hydrogen (secondary N) is 1. The number of hydrogen-bond acceptors (Lipinski definition) is 3. The smallest absolute Gasteiger partial charge is 0.0648 e. The predicted octanol–water partition coefficient (Wildman–Crippen LogP) is 3.70. The minimum absolute atomic E-state index is 0. The lowest BCUT2D eigenvalue weighted by Crippen LogP contribution is -2.60. The third kappa shape index (κ3) is 3.29. The van der Waals surface area contributed by atoms with Crippen LogP contribution in [0.25, 0.3) is 5.69 Å². The van der Waals surface area contributed by atoms with Gasteiger partial charge in [0.15, 0.2) is 0 Å². The zero-order chi connectivity index (χ0) is 16.1. The number of benzene rings is 1. The van der Waals surface area contributed by atoms with Gasteiger partial charge in [0.05, 0.1) is 11.9 Å². The number of fused-ring (bicyclic) bond motifs is 1. The molecule has 2 saturated heterocycles. The molecule has 0 saturated carbocycles. The molecular formula is C20H28Cl2N4. The van der Waals surface area contributed by atoms with Gasteiger partial charge in [-0.25, -0.2) is 4.68 Å². The minimum Gasteiger partial charge on any atom is -0.317 e. The topological polar surface area (TPSA) is 33.1 Å². The van der Waals surface area contributed by atoms with E-state index in [0.717, 1.165) is 0 Å². The monoisotopic (exact) mass is 394 g/mol. The molecule has 26 heavy (non-hydrogen) atoms. The van der Waals surface area contributed by atoms with Crippen molar-refractivity contribution in [2.24, 2.45) is 5.41 Å². The summed E-state index contributed by atoms with van der Waals surface area (Å²) in [6, 6.07) is 7.59. The predicted molar refractivity (Wildman–Crippen MR) is 110 cm³/mol. The Morgan fingerprint density at radius 2 is 1.92 bits per heavy atom. The van der Waals surface area contributed by atoms with Crippen LogP contribution in [0.3, 0.4) is 0 Å². The van der Waals surface area contributed by atoms with E-state index in [-0.39, 0.29) is 24.8 Å². The lowest BCUT2D eigenvalue weighted by atomic mass is 9.71. The van der Waals surface area contributed by atoms with E-state index in [2.05, 4.69) is 46.6 Å². The van der Waals surface area contributed by atoms with Gasteiger partial charge in [0.2, 0.25) is 0 Å². The maximum Gasteiger partial charge on any atom is 0.0648 e. The molecule has 1 atom stereocenters. The zero-order valence-corrected chi connectivity index (χ0v) is 16.9. The molecule has 1 spiro atoms. The van der Waals surface area contributed by atoms with Crippen LogP contribution in [0.1, 0.15) is 42.0 Å². The second kappa shape index (κ2) is 7.51. The van der Waals surface area contributed by atoms with Gasteiger partial charge in [0.25, 0.3) is 0 Å². The van der Waals surface area contributed by atoms with Crippen molar-refractivity contribution in [2.45, 2.75) is 38.6 Å². The Labute approximate surface area is 168 Å². The number of nitrogens with zero attached hydrogens (tertiary/aromatic N) is 3. The highest BCUT2D eigenvalue weighted by atomic mass is 35.5. The fourth-order valence-electron chi connectivity index (χ4n) is 4.97. The molecule has 142 valence electrons. The highest BCUT2D eigenvalue weighted by Crippen LogP contribution is 2.47. The summed E-state index contributed by atoms with van der Waals surface area (Å²) in [6.07, 6.45) is 9.24. The van der Waals surface area contributed by atoms with Crippen molar-refractivity contribution in [3.05, 3.63) is 47.3 Å². The Hall–Kier alpha value is -1.07. The van der Waals surface area contributed by atoms with E-state index in [1.165, 1.54) is 68.7 Å². The number of aromatic nitrogens is 2. The third-order valence-corrected chi connectivity index (χ3v) is 6.33. The molecule has 4 nitrogen and oxygen atoms in total. The molecule has 2 aromatic rings. The van der Waals surface area contributed by atoms with Gasteiger partial charge >= 0.3 is 0 Å². The number of rotatable bonds is 2. The average Bonchev–Trinajstić information content (AvgIpc) is 3.19. The fraction of sp³-hybridized carbons (Fsp3) is 0.550. The van der Waals surface area contributed by atoms with Crippen molar-refractivity contribution < 1.29 is 0 Å². The number of aryl methyl sites for hydroxylation is 2. The third-order valence-electron chi connectivity index (χ3n) is 6.33. The highest BCUT2D eigenvalue weighted by Gasteiger charge is 2.46. The van der Waals surface area contributed by atoms with E-state index in [0.29, 0.717) is 11.5 Å². The summed E-state index contributed by atoms with van der Waals surface area (Å²) < 4.78 is 2.00. The van der Waals surface area contributed by atoms with Gasteiger partial charge in [-0.3, -0.25) is 4.90 Å². The Bertz CT molecular complexity index is 759. The lowest BCUT2D eigenvalue weighted by Gasteiger charge is -2.55. The summed E-state index contributed by atoms with van der Waals surface area (Å²) in [5.74, 6) is 0. The van der Waals surface area contributed by atoms with Gasteiger partial charge in [-0.1, -0.05) is 6.07 Å². The molecule has 1 N–H and O–H groups in total. The molecule has 3 aliphatic rings. The molecule has 0 bridgehead atoms. The van der Waals surface area contributed by atoms with Gasteiger partial charge in [-0.05, 0) is 79.9 Å². The average molecular weight is 395 g/mol. The first kappa shape index (κ1) is 19.7. The van der Waals surface area contributed by atoms with Crippen molar-refractivity contribution in [3.63, 3.8) is 0 Å². The summed E-state index contributed by atoms with van der Waals surface area (Å²) in [5.41, 5.74) is 6.12. The van der Waals surface area contributed by atoms with E-state index < -0.39 is 0 Å². The van der Waals surface area contributed by atoms with Crippen LogP contribution in [-0.4, -0.2) is 40.9 Å². The molecule has 0 radical (unpaired) electrons. The number of piperidine rings is 1.